The zero-order valence-electron chi connectivity index (χ0n) is 13.1. The molecule has 0 aliphatic carbocycles. The Bertz CT molecular complexity index is 397. The lowest BCUT2D eigenvalue weighted by atomic mass is 10.2. The van der Waals surface area contributed by atoms with Gasteiger partial charge in [0, 0.05) is 5.56 Å². The summed E-state index contributed by atoms with van der Waals surface area (Å²) in [7, 11) is 0. The molecular formula is C19H28N+. The fraction of sp³-hybridized carbons (Fsp3) is 0.368. The molecule has 0 spiro atoms. The minimum Gasteiger partial charge on any atom is -0.321 e. The van der Waals surface area contributed by atoms with E-state index in [4.69, 9.17) is 0 Å². The van der Waals surface area contributed by atoms with Crippen molar-refractivity contribution in [2.75, 3.05) is 19.6 Å². The number of hydrogen-bond donors (Lipinski definition) is 0. The van der Waals surface area contributed by atoms with Gasteiger partial charge in [-0.3, -0.25) is 0 Å². The van der Waals surface area contributed by atoms with Crippen LogP contribution >= 0.6 is 0 Å². The fourth-order valence-electron chi connectivity index (χ4n) is 2.36. The molecule has 2 rings (SSSR count). The van der Waals surface area contributed by atoms with Gasteiger partial charge in [-0.15, -0.1) is 0 Å². The van der Waals surface area contributed by atoms with E-state index in [0.717, 1.165) is 0 Å². The molecule has 1 heteroatoms. The van der Waals surface area contributed by atoms with Crippen LogP contribution in [0.4, 0.5) is 0 Å². The molecule has 0 saturated heterocycles. The Morgan fingerprint density at radius 3 is 1.30 bits per heavy atom. The monoisotopic (exact) mass is 270 g/mol. The summed E-state index contributed by atoms with van der Waals surface area (Å²) >= 11 is 0. The van der Waals surface area contributed by atoms with E-state index in [1.807, 2.05) is 36.4 Å². The lowest BCUT2D eigenvalue weighted by Crippen LogP contribution is -2.46. The van der Waals surface area contributed by atoms with Gasteiger partial charge in [0.05, 0.1) is 19.6 Å². The zero-order valence-corrected chi connectivity index (χ0v) is 13.1. The molecule has 0 fully saturated rings. The van der Waals surface area contributed by atoms with Crippen molar-refractivity contribution in [3.63, 3.8) is 0 Å². The first-order valence-corrected chi connectivity index (χ1v) is 7.65. The van der Waals surface area contributed by atoms with Crippen molar-refractivity contribution in [3.8, 4) is 0 Å². The molecule has 1 nitrogen and oxygen atoms in total. The molecule has 0 atom stereocenters. The summed E-state index contributed by atoms with van der Waals surface area (Å²) in [4.78, 5) is 0. The van der Waals surface area contributed by atoms with Gasteiger partial charge >= 0.3 is 0 Å². The first kappa shape index (κ1) is 16.5. The Hall–Kier alpha value is -1.60. The standard InChI is InChI=1S/C13H22N.C6H6/c1-4-14(5-2,6-3)12-13-10-8-7-9-11-13;1-2-4-6-5-3-1/h7-11H,4-6,12H2,1-3H3;1-6H/q+1;. The summed E-state index contributed by atoms with van der Waals surface area (Å²) in [6.07, 6.45) is 0. The van der Waals surface area contributed by atoms with Crippen molar-refractivity contribution in [2.45, 2.75) is 27.3 Å². The lowest BCUT2D eigenvalue weighted by Gasteiger charge is -2.35. The quantitative estimate of drug-likeness (QED) is 0.688. The largest absolute Gasteiger partial charge is 0.321 e. The highest BCUT2D eigenvalue weighted by Crippen LogP contribution is 2.13. The van der Waals surface area contributed by atoms with Crippen LogP contribution in [-0.2, 0) is 6.54 Å². The highest BCUT2D eigenvalue weighted by Gasteiger charge is 2.20. The average molecular weight is 270 g/mol. The van der Waals surface area contributed by atoms with Gasteiger partial charge < -0.3 is 4.48 Å². The van der Waals surface area contributed by atoms with Gasteiger partial charge in [0.1, 0.15) is 6.54 Å². The van der Waals surface area contributed by atoms with Crippen molar-refractivity contribution >= 4 is 0 Å². The van der Waals surface area contributed by atoms with E-state index < -0.39 is 0 Å². The van der Waals surface area contributed by atoms with E-state index in [-0.39, 0.29) is 0 Å². The predicted octanol–water partition coefficient (Wildman–Crippen LogP) is 4.75. The number of hydrogen-bond acceptors (Lipinski definition) is 0. The minimum absolute atomic E-state index is 1.17. The maximum Gasteiger partial charge on any atom is 0.104 e. The Labute approximate surface area is 124 Å². The second-order valence-corrected chi connectivity index (χ2v) is 5.09. The van der Waals surface area contributed by atoms with Crippen molar-refractivity contribution < 1.29 is 4.48 Å². The van der Waals surface area contributed by atoms with Crippen LogP contribution in [0.5, 0.6) is 0 Å². The molecule has 0 N–H and O–H groups in total. The molecule has 0 heterocycles. The van der Waals surface area contributed by atoms with Crippen LogP contribution in [0, 0.1) is 0 Å². The molecule has 0 aromatic heterocycles. The number of quaternary nitrogens is 1. The van der Waals surface area contributed by atoms with Crippen LogP contribution in [0.3, 0.4) is 0 Å². The van der Waals surface area contributed by atoms with Gasteiger partial charge in [0.15, 0.2) is 0 Å². The third-order valence-corrected chi connectivity index (χ3v) is 4.04. The van der Waals surface area contributed by atoms with Gasteiger partial charge in [0.25, 0.3) is 0 Å². The van der Waals surface area contributed by atoms with Gasteiger partial charge in [-0.1, -0.05) is 66.7 Å². The molecule has 0 aliphatic heterocycles. The van der Waals surface area contributed by atoms with E-state index in [9.17, 15) is 0 Å². The van der Waals surface area contributed by atoms with Crippen LogP contribution in [-0.4, -0.2) is 24.1 Å². The molecule has 2 aromatic carbocycles. The van der Waals surface area contributed by atoms with E-state index in [1.165, 1.54) is 36.2 Å². The molecular weight excluding hydrogens is 242 g/mol. The van der Waals surface area contributed by atoms with Gasteiger partial charge in [0.2, 0.25) is 0 Å². The van der Waals surface area contributed by atoms with E-state index >= 15 is 0 Å². The Kier molecular flexibility index (Phi) is 7.67. The van der Waals surface area contributed by atoms with Crippen LogP contribution in [0.15, 0.2) is 66.7 Å². The van der Waals surface area contributed by atoms with Crippen molar-refractivity contribution in [2.24, 2.45) is 0 Å². The number of rotatable bonds is 5. The molecule has 0 aliphatic rings. The Morgan fingerprint density at radius 2 is 0.950 bits per heavy atom. The molecule has 2 aromatic rings. The van der Waals surface area contributed by atoms with Gasteiger partial charge in [-0.05, 0) is 20.8 Å². The third kappa shape index (κ3) is 5.58. The topological polar surface area (TPSA) is 0 Å². The van der Waals surface area contributed by atoms with Gasteiger partial charge in [-0.25, -0.2) is 0 Å². The zero-order chi connectivity index (χ0) is 14.7. The SMILES string of the molecule is CC[N+](CC)(CC)Cc1ccccc1.c1ccccc1. The van der Waals surface area contributed by atoms with E-state index in [0.29, 0.717) is 0 Å². The number of nitrogens with zero attached hydrogens (tertiary/aromatic N) is 1. The van der Waals surface area contributed by atoms with Crippen LogP contribution < -0.4 is 0 Å². The molecule has 0 amide bonds. The molecule has 0 saturated carbocycles. The lowest BCUT2D eigenvalue weighted by molar-refractivity contribution is -0.936. The summed E-state index contributed by atoms with van der Waals surface area (Å²) in [6, 6.07) is 22.8. The van der Waals surface area contributed by atoms with Crippen LogP contribution in [0.1, 0.15) is 26.3 Å². The van der Waals surface area contributed by atoms with E-state index in [2.05, 4.69) is 51.1 Å². The second-order valence-electron chi connectivity index (χ2n) is 5.09. The van der Waals surface area contributed by atoms with Crippen LogP contribution in [0.25, 0.3) is 0 Å². The smallest absolute Gasteiger partial charge is 0.104 e. The Morgan fingerprint density at radius 1 is 0.600 bits per heavy atom. The molecule has 20 heavy (non-hydrogen) atoms. The maximum atomic E-state index is 2.29. The number of benzene rings is 2. The van der Waals surface area contributed by atoms with Gasteiger partial charge in [-0.2, -0.15) is 0 Å². The molecule has 0 bridgehead atoms. The summed E-state index contributed by atoms with van der Waals surface area (Å²) < 4.78 is 1.20. The highest BCUT2D eigenvalue weighted by molar-refractivity contribution is 5.13. The molecule has 108 valence electrons. The third-order valence-electron chi connectivity index (χ3n) is 4.04. The summed E-state index contributed by atoms with van der Waals surface area (Å²) in [5, 5.41) is 0. The summed E-state index contributed by atoms with van der Waals surface area (Å²) in [6.45, 7) is 11.7. The summed E-state index contributed by atoms with van der Waals surface area (Å²) in [5.74, 6) is 0. The first-order valence-electron chi connectivity index (χ1n) is 7.65. The molecule has 0 unspecified atom stereocenters. The highest BCUT2D eigenvalue weighted by atomic mass is 15.3. The minimum atomic E-state index is 1.17. The average Bonchev–Trinajstić information content (AvgIpc) is 2.56. The fourth-order valence-corrected chi connectivity index (χ4v) is 2.36. The van der Waals surface area contributed by atoms with Crippen LogP contribution in [0.2, 0.25) is 0 Å². The first-order chi connectivity index (χ1) is 9.76. The van der Waals surface area contributed by atoms with Crippen molar-refractivity contribution in [1.29, 1.82) is 0 Å². The predicted molar refractivity (Wildman–Crippen MR) is 88.5 cm³/mol. The normalized spacial score (nSPS) is 10.6. The second kappa shape index (κ2) is 9.33. The summed E-state index contributed by atoms with van der Waals surface area (Å²) in [5.41, 5.74) is 1.46. The maximum absolute atomic E-state index is 2.29. The van der Waals surface area contributed by atoms with E-state index in [1.54, 1.807) is 0 Å². The van der Waals surface area contributed by atoms with Crippen molar-refractivity contribution in [3.05, 3.63) is 72.3 Å². The Balaban J connectivity index is 0.000000276. The molecule has 0 radical (unpaired) electrons. The van der Waals surface area contributed by atoms with Crippen molar-refractivity contribution in [1.82, 2.24) is 0 Å².